The van der Waals surface area contributed by atoms with Crippen molar-refractivity contribution in [2.45, 2.75) is 29.4 Å². The molecule has 3 aliphatic rings. The van der Waals surface area contributed by atoms with E-state index < -0.39 is 0 Å². The molecule has 13 rings (SSSR count). The summed E-state index contributed by atoms with van der Waals surface area (Å²) in [7, 11) is 0. The van der Waals surface area contributed by atoms with Crippen LogP contribution in [0.4, 0.5) is 51.2 Å². The molecular formula is C60H39N3S3. The van der Waals surface area contributed by atoms with Crippen LogP contribution in [0.2, 0.25) is 0 Å². The summed E-state index contributed by atoms with van der Waals surface area (Å²) in [6.45, 7) is 0. The average Bonchev–Trinajstić information content (AvgIpc) is 3.39. The van der Waals surface area contributed by atoms with Crippen LogP contribution in [0.5, 0.6) is 0 Å². The maximum absolute atomic E-state index is 2.39. The predicted octanol–water partition coefficient (Wildman–Crippen LogP) is 18.5. The number of hydrogen-bond acceptors (Lipinski definition) is 6. The highest BCUT2D eigenvalue weighted by atomic mass is 32.2. The smallest absolute Gasteiger partial charge is 0.0601 e. The number of para-hydroxylation sites is 6. The van der Waals surface area contributed by atoms with Crippen molar-refractivity contribution in [1.82, 2.24) is 0 Å². The van der Waals surface area contributed by atoms with Gasteiger partial charge in [-0.05, 0) is 161 Å². The minimum Gasteiger partial charge on any atom is -0.308 e. The van der Waals surface area contributed by atoms with Crippen molar-refractivity contribution in [3.63, 3.8) is 0 Å². The molecule has 3 heterocycles. The van der Waals surface area contributed by atoms with Crippen LogP contribution < -0.4 is 14.7 Å². The van der Waals surface area contributed by atoms with Crippen molar-refractivity contribution in [1.29, 1.82) is 0 Å². The van der Waals surface area contributed by atoms with E-state index in [1.807, 2.05) is 35.3 Å². The van der Waals surface area contributed by atoms with Gasteiger partial charge in [0, 0.05) is 46.4 Å². The number of fused-ring (bicyclic) bond motifs is 6. The molecule has 0 N–H and O–H groups in total. The lowest BCUT2D eigenvalue weighted by Gasteiger charge is -2.33. The zero-order chi connectivity index (χ0) is 43.6. The molecule has 0 aromatic heterocycles. The number of benzene rings is 10. The molecular weight excluding hydrogens is 859 g/mol. The molecule has 0 fully saturated rings. The molecule has 0 saturated carbocycles. The second-order valence-corrected chi connectivity index (χ2v) is 19.8. The standard InChI is InChI=1S/C60H39N3S3/c1-7-19-55-49(13-1)61(50-14-2-8-20-56(50)64-55)46-31-25-40(26-32-46)43-37-44(41-27-33-47(34-28-41)62-51-15-3-9-21-57(51)65-58-22-10-4-16-52(58)62)39-45(38-43)42-29-35-48(36-30-42)63-53-17-5-11-23-59(53)66-60-24-12-6-18-54(60)63/h1-39H. The highest BCUT2D eigenvalue weighted by molar-refractivity contribution is 8.00. The average molecular weight is 898 g/mol. The van der Waals surface area contributed by atoms with E-state index in [-0.39, 0.29) is 0 Å². The third kappa shape index (κ3) is 6.80. The summed E-state index contributed by atoms with van der Waals surface area (Å²) in [4.78, 5) is 14.7. The molecule has 66 heavy (non-hydrogen) atoms. The summed E-state index contributed by atoms with van der Waals surface area (Å²) in [6, 6.07) is 86.6. The second-order valence-electron chi connectivity index (χ2n) is 16.6. The summed E-state index contributed by atoms with van der Waals surface area (Å²) in [5.74, 6) is 0. The van der Waals surface area contributed by atoms with E-state index in [2.05, 4.69) is 251 Å². The normalized spacial score (nSPS) is 13.2. The third-order valence-corrected chi connectivity index (χ3v) is 16.0. The fraction of sp³-hybridized carbons (Fsp3) is 0. The minimum absolute atomic E-state index is 1.14. The molecule has 312 valence electrons. The van der Waals surface area contributed by atoms with Crippen LogP contribution in [-0.2, 0) is 0 Å². The number of anilines is 9. The summed E-state index contributed by atoms with van der Waals surface area (Å²) < 4.78 is 0. The topological polar surface area (TPSA) is 9.72 Å². The van der Waals surface area contributed by atoms with Gasteiger partial charge >= 0.3 is 0 Å². The maximum atomic E-state index is 2.39. The predicted molar refractivity (Wildman–Crippen MR) is 279 cm³/mol. The van der Waals surface area contributed by atoms with Gasteiger partial charge in [-0.1, -0.05) is 144 Å². The first kappa shape index (κ1) is 39.1. The van der Waals surface area contributed by atoms with E-state index in [1.165, 1.54) is 96.9 Å². The molecule has 10 aromatic carbocycles. The number of rotatable bonds is 6. The highest BCUT2D eigenvalue weighted by Gasteiger charge is 2.27. The molecule has 0 amide bonds. The Bertz CT molecular complexity index is 2960. The monoisotopic (exact) mass is 897 g/mol. The van der Waals surface area contributed by atoms with Crippen molar-refractivity contribution >= 4 is 86.5 Å². The molecule has 0 aliphatic carbocycles. The van der Waals surface area contributed by atoms with Crippen molar-refractivity contribution in [3.05, 3.63) is 237 Å². The Morgan fingerprint density at radius 3 is 0.606 bits per heavy atom. The first-order valence-electron chi connectivity index (χ1n) is 22.1. The van der Waals surface area contributed by atoms with Crippen LogP contribution in [0.3, 0.4) is 0 Å². The van der Waals surface area contributed by atoms with Crippen molar-refractivity contribution in [2.75, 3.05) is 14.7 Å². The molecule has 0 radical (unpaired) electrons. The fourth-order valence-corrected chi connectivity index (χ4v) is 12.7. The Balaban J connectivity index is 0.901. The van der Waals surface area contributed by atoms with Crippen LogP contribution >= 0.6 is 35.3 Å². The van der Waals surface area contributed by atoms with Gasteiger partial charge in [-0.3, -0.25) is 0 Å². The lowest BCUT2D eigenvalue weighted by Crippen LogP contribution is -2.14. The largest absolute Gasteiger partial charge is 0.308 e. The molecule has 3 nitrogen and oxygen atoms in total. The zero-order valence-corrected chi connectivity index (χ0v) is 38.0. The zero-order valence-electron chi connectivity index (χ0n) is 35.6. The quantitative estimate of drug-likeness (QED) is 0.163. The maximum Gasteiger partial charge on any atom is 0.0601 e. The van der Waals surface area contributed by atoms with Gasteiger partial charge in [0.25, 0.3) is 0 Å². The molecule has 0 unspecified atom stereocenters. The van der Waals surface area contributed by atoms with Gasteiger partial charge in [-0.15, -0.1) is 0 Å². The van der Waals surface area contributed by atoms with E-state index in [0.717, 1.165) is 17.1 Å². The lowest BCUT2D eigenvalue weighted by molar-refractivity contribution is 1.17. The SMILES string of the molecule is c1ccc2c(c1)Sc1ccccc1N2c1ccc(-c2cc(-c3ccc(N4c5ccccc5Sc5ccccc54)cc3)cc(-c3ccc(N4c5ccccc5Sc5ccccc54)cc3)c2)cc1. The second kappa shape index (κ2) is 16.3. The first-order valence-corrected chi connectivity index (χ1v) is 24.6. The van der Waals surface area contributed by atoms with Gasteiger partial charge in [-0.2, -0.15) is 0 Å². The van der Waals surface area contributed by atoms with Gasteiger partial charge in [-0.25, -0.2) is 0 Å². The Morgan fingerprint density at radius 1 is 0.197 bits per heavy atom. The molecule has 0 spiro atoms. The van der Waals surface area contributed by atoms with Gasteiger partial charge in [0.15, 0.2) is 0 Å². The van der Waals surface area contributed by atoms with E-state index in [4.69, 9.17) is 0 Å². The molecule has 6 heteroatoms. The number of nitrogens with zero attached hydrogens (tertiary/aromatic N) is 3. The van der Waals surface area contributed by atoms with Gasteiger partial charge in [0.1, 0.15) is 0 Å². The van der Waals surface area contributed by atoms with Gasteiger partial charge in [0.05, 0.1) is 34.1 Å². The van der Waals surface area contributed by atoms with Crippen LogP contribution in [0, 0.1) is 0 Å². The summed E-state index contributed by atoms with van der Waals surface area (Å²) in [5.41, 5.74) is 17.7. The first-order chi connectivity index (χ1) is 32.7. The highest BCUT2D eigenvalue weighted by Crippen LogP contribution is 2.54. The number of hydrogen-bond donors (Lipinski definition) is 0. The molecule has 0 bridgehead atoms. The van der Waals surface area contributed by atoms with Gasteiger partial charge < -0.3 is 14.7 Å². The van der Waals surface area contributed by atoms with E-state index >= 15 is 0 Å². The Morgan fingerprint density at radius 2 is 0.394 bits per heavy atom. The van der Waals surface area contributed by atoms with Crippen LogP contribution in [-0.4, -0.2) is 0 Å². The lowest BCUT2D eigenvalue weighted by atomic mass is 9.93. The summed E-state index contributed by atoms with van der Waals surface area (Å²) >= 11 is 5.51. The van der Waals surface area contributed by atoms with E-state index in [9.17, 15) is 0 Å². The van der Waals surface area contributed by atoms with Crippen LogP contribution in [0.1, 0.15) is 0 Å². The third-order valence-electron chi connectivity index (χ3n) is 12.6. The van der Waals surface area contributed by atoms with E-state index in [0.29, 0.717) is 0 Å². The Labute approximate surface area is 398 Å². The molecule has 0 saturated heterocycles. The van der Waals surface area contributed by atoms with E-state index in [1.54, 1.807) is 0 Å². The van der Waals surface area contributed by atoms with Gasteiger partial charge in [0.2, 0.25) is 0 Å². The Hall–Kier alpha value is -7.35. The van der Waals surface area contributed by atoms with Crippen molar-refractivity contribution in [3.8, 4) is 33.4 Å². The summed E-state index contributed by atoms with van der Waals surface area (Å²) in [6.07, 6.45) is 0. The van der Waals surface area contributed by atoms with Crippen molar-refractivity contribution < 1.29 is 0 Å². The summed E-state index contributed by atoms with van der Waals surface area (Å²) in [5, 5.41) is 0. The molecule has 10 aromatic rings. The minimum atomic E-state index is 1.14. The molecule has 3 aliphatic heterocycles. The van der Waals surface area contributed by atoms with Crippen molar-refractivity contribution in [2.24, 2.45) is 0 Å². The van der Waals surface area contributed by atoms with Crippen LogP contribution in [0.25, 0.3) is 33.4 Å². The van der Waals surface area contributed by atoms with Crippen LogP contribution in [0.15, 0.2) is 266 Å². The fourth-order valence-electron chi connectivity index (χ4n) is 9.48. The Kier molecular flexibility index (Phi) is 9.62. The molecule has 0 atom stereocenters.